The number of carbonyl (C=O) groups is 2. The van der Waals surface area contributed by atoms with Crippen LogP contribution in [0.2, 0.25) is 0 Å². The SMILES string of the molecule is CCCNC(=O)N(CC(=O)N1CCc2sccc2C1COc1ccccc1OC)C(C)(C)C. The van der Waals surface area contributed by atoms with Gasteiger partial charge in [-0.1, -0.05) is 19.1 Å². The maximum absolute atomic E-state index is 13.5. The Morgan fingerprint density at radius 1 is 1.21 bits per heavy atom. The lowest BCUT2D eigenvalue weighted by atomic mass is 10.00. The van der Waals surface area contributed by atoms with Gasteiger partial charge in [0.15, 0.2) is 11.5 Å². The molecule has 0 fully saturated rings. The number of nitrogens with one attached hydrogen (secondary N) is 1. The average Bonchev–Trinajstić information content (AvgIpc) is 3.27. The lowest BCUT2D eigenvalue weighted by Crippen LogP contribution is -2.55. The van der Waals surface area contributed by atoms with Crippen molar-refractivity contribution in [3.8, 4) is 11.5 Å². The smallest absolute Gasteiger partial charge is 0.318 e. The van der Waals surface area contributed by atoms with E-state index in [9.17, 15) is 9.59 Å². The third-order valence-corrected chi connectivity index (χ3v) is 6.75. The van der Waals surface area contributed by atoms with Gasteiger partial charge in [-0.2, -0.15) is 0 Å². The summed E-state index contributed by atoms with van der Waals surface area (Å²) < 4.78 is 11.5. The number of urea groups is 1. The highest BCUT2D eigenvalue weighted by atomic mass is 32.1. The molecule has 1 N–H and O–H groups in total. The fraction of sp³-hybridized carbons (Fsp3) is 0.520. The van der Waals surface area contributed by atoms with E-state index in [4.69, 9.17) is 9.47 Å². The standard InChI is InChI=1S/C25H35N3O4S/c1-6-13-26-24(30)28(25(2,3)4)16-23(29)27-14-11-22-18(12-15-33-22)19(27)17-32-21-10-8-7-9-20(21)31-5/h7-10,12,15,19H,6,11,13-14,16-17H2,1-5H3,(H,26,30). The molecule has 0 radical (unpaired) electrons. The third-order valence-electron chi connectivity index (χ3n) is 5.76. The van der Waals surface area contributed by atoms with Gasteiger partial charge in [-0.05, 0) is 62.8 Å². The maximum Gasteiger partial charge on any atom is 0.318 e. The van der Waals surface area contributed by atoms with Crippen molar-refractivity contribution in [3.05, 3.63) is 46.2 Å². The molecule has 2 heterocycles. The van der Waals surface area contributed by atoms with Gasteiger partial charge in [0.05, 0.1) is 13.2 Å². The second-order valence-corrected chi connectivity index (χ2v) is 10.1. The predicted octanol–water partition coefficient (Wildman–Crippen LogP) is 4.48. The number of amides is 3. The zero-order valence-electron chi connectivity index (χ0n) is 20.2. The largest absolute Gasteiger partial charge is 0.493 e. The number of carbonyl (C=O) groups excluding carboxylic acids is 2. The zero-order chi connectivity index (χ0) is 24.0. The molecule has 0 bridgehead atoms. The van der Waals surface area contributed by atoms with Crippen molar-refractivity contribution in [1.29, 1.82) is 0 Å². The van der Waals surface area contributed by atoms with Crippen molar-refractivity contribution >= 4 is 23.3 Å². The second kappa shape index (κ2) is 10.9. The van der Waals surface area contributed by atoms with Gasteiger partial charge in [0.1, 0.15) is 13.2 Å². The molecule has 1 aliphatic rings. The van der Waals surface area contributed by atoms with Crippen molar-refractivity contribution < 1.29 is 19.1 Å². The van der Waals surface area contributed by atoms with Gasteiger partial charge in [0.25, 0.3) is 0 Å². The van der Waals surface area contributed by atoms with Gasteiger partial charge < -0.3 is 24.6 Å². The monoisotopic (exact) mass is 473 g/mol. The number of hydrogen-bond donors (Lipinski definition) is 1. The number of fused-ring (bicyclic) bond motifs is 1. The highest BCUT2D eigenvalue weighted by Crippen LogP contribution is 2.35. The number of hydrogen-bond acceptors (Lipinski definition) is 5. The molecule has 1 atom stereocenters. The van der Waals surface area contributed by atoms with Crippen LogP contribution in [0.4, 0.5) is 4.79 Å². The first kappa shape index (κ1) is 24.9. The van der Waals surface area contributed by atoms with Crippen LogP contribution in [-0.4, -0.2) is 60.6 Å². The van der Waals surface area contributed by atoms with E-state index in [1.165, 1.54) is 4.88 Å². The fourth-order valence-corrected chi connectivity index (χ4v) is 4.88. The summed E-state index contributed by atoms with van der Waals surface area (Å²) in [7, 11) is 1.61. The number of para-hydroxylation sites is 2. The summed E-state index contributed by atoms with van der Waals surface area (Å²) in [4.78, 5) is 31.1. The van der Waals surface area contributed by atoms with Gasteiger partial charge in [0, 0.05) is 23.5 Å². The molecule has 3 rings (SSSR count). The Hall–Kier alpha value is -2.74. The van der Waals surface area contributed by atoms with Crippen LogP contribution in [0.1, 0.15) is 50.6 Å². The Kier molecular flexibility index (Phi) is 8.24. The Morgan fingerprint density at radius 2 is 1.94 bits per heavy atom. The number of thiophene rings is 1. The van der Waals surface area contributed by atoms with Crippen LogP contribution in [0.3, 0.4) is 0 Å². The fourth-order valence-electron chi connectivity index (χ4n) is 3.95. The minimum atomic E-state index is -0.486. The summed E-state index contributed by atoms with van der Waals surface area (Å²) in [5.74, 6) is 1.22. The molecule has 0 aliphatic carbocycles. The molecule has 1 aromatic carbocycles. The topological polar surface area (TPSA) is 71.1 Å². The lowest BCUT2D eigenvalue weighted by Gasteiger charge is -2.40. The molecule has 8 heteroatoms. The summed E-state index contributed by atoms with van der Waals surface area (Å²) in [6, 6.07) is 9.14. The highest BCUT2D eigenvalue weighted by Gasteiger charge is 2.36. The normalized spacial score (nSPS) is 15.5. The van der Waals surface area contributed by atoms with Crippen molar-refractivity contribution in [3.63, 3.8) is 0 Å². The minimum Gasteiger partial charge on any atom is -0.493 e. The van der Waals surface area contributed by atoms with Crippen molar-refractivity contribution in [2.45, 2.75) is 52.1 Å². The number of methoxy groups -OCH3 is 1. The summed E-state index contributed by atoms with van der Waals surface area (Å²) in [5, 5.41) is 4.97. The van der Waals surface area contributed by atoms with Crippen molar-refractivity contribution in [2.75, 3.05) is 33.4 Å². The molecule has 0 saturated carbocycles. The summed E-state index contributed by atoms with van der Waals surface area (Å²) in [5.41, 5.74) is 0.632. The molecule has 0 saturated heterocycles. The van der Waals surface area contributed by atoms with Crippen LogP contribution >= 0.6 is 11.3 Å². The first-order valence-electron chi connectivity index (χ1n) is 11.4. The van der Waals surface area contributed by atoms with Crippen LogP contribution in [0.15, 0.2) is 35.7 Å². The maximum atomic E-state index is 13.5. The predicted molar refractivity (Wildman–Crippen MR) is 131 cm³/mol. The van der Waals surface area contributed by atoms with Gasteiger partial charge in [0.2, 0.25) is 5.91 Å². The molecule has 33 heavy (non-hydrogen) atoms. The minimum absolute atomic E-state index is 0.0175. The van der Waals surface area contributed by atoms with E-state index >= 15 is 0 Å². The van der Waals surface area contributed by atoms with E-state index in [0.717, 1.165) is 18.4 Å². The second-order valence-electron chi connectivity index (χ2n) is 9.10. The zero-order valence-corrected chi connectivity index (χ0v) is 21.0. The molecular weight excluding hydrogens is 438 g/mol. The first-order chi connectivity index (χ1) is 15.8. The third kappa shape index (κ3) is 5.99. The van der Waals surface area contributed by atoms with E-state index < -0.39 is 5.54 Å². The van der Waals surface area contributed by atoms with Crippen LogP contribution in [0, 0.1) is 0 Å². The van der Waals surface area contributed by atoms with E-state index in [2.05, 4.69) is 16.8 Å². The summed E-state index contributed by atoms with van der Waals surface area (Å²) in [6.45, 7) is 9.35. The molecule has 3 amide bonds. The molecule has 1 aromatic heterocycles. The number of benzene rings is 1. The molecular formula is C25H35N3O4S. The van der Waals surface area contributed by atoms with Crippen LogP contribution in [-0.2, 0) is 11.2 Å². The molecule has 2 aromatic rings. The van der Waals surface area contributed by atoms with E-state index in [1.807, 2.05) is 56.9 Å². The molecule has 1 unspecified atom stereocenters. The van der Waals surface area contributed by atoms with Crippen LogP contribution in [0.25, 0.3) is 0 Å². The van der Waals surface area contributed by atoms with Crippen LogP contribution < -0.4 is 14.8 Å². The van der Waals surface area contributed by atoms with E-state index in [0.29, 0.717) is 31.2 Å². The van der Waals surface area contributed by atoms with Crippen molar-refractivity contribution in [2.24, 2.45) is 0 Å². The number of ether oxygens (including phenoxy) is 2. The van der Waals surface area contributed by atoms with Crippen molar-refractivity contribution in [1.82, 2.24) is 15.1 Å². The lowest BCUT2D eigenvalue weighted by molar-refractivity contribution is -0.136. The molecule has 180 valence electrons. The first-order valence-corrected chi connectivity index (χ1v) is 12.3. The number of rotatable bonds is 8. The molecule has 1 aliphatic heterocycles. The van der Waals surface area contributed by atoms with E-state index in [1.54, 1.807) is 23.3 Å². The van der Waals surface area contributed by atoms with Crippen LogP contribution in [0.5, 0.6) is 11.5 Å². The average molecular weight is 474 g/mol. The Labute approximate surface area is 200 Å². The quantitative estimate of drug-likeness (QED) is 0.614. The molecule has 7 nitrogen and oxygen atoms in total. The Morgan fingerprint density at radius 3 is 2.61 bits per heavy atom. The summed E-state index contributed by atoms with van der Waals surface area (Å²) >= 11 is 1.71. The summed E-state index contributed by atoms with van der Waals surface area (Å²) in [6.07, 6.45) is 1.65. The van der Waals surface area contributed by atoms with Gasteiger partial charge in [-0.25, -0.2) is 4.79 Å². The number of nitrogens with zero attached hydrogens (tertiary/aromatic N) is 2. The van der Waals surface area contributed by atoms with E-state index in [-0.39, 0.29) is 24.5 Å². The van der Waals surface area contributed by atoms with Gasteiger partial charge in [-0.15, -0.1) is 11.3 Å². The Bertz CT molecular complexity index is 953. The molecule has 0 spiro atoms. The van der Waals surface area contributed by atoms with Gasteiger partial charge in [-0.3, -0.25) is 4.79 Å². The Balaban J connectivity index is 1.80. The van der Waals surface area contributed by atoms with Gasteiger partial charge >= 0.3 is 6.03 Å². The highest BCUT2D eigenvalue weighted by molar-refractivity contribution is 7.10.